The van der Waals surface area contributed by atoms with Crippen LogP contribution in [0, 0.1) is 13.8 Å². The third kappa shape index (κ3) is 5.27. The molecule has 3 rings (SSSR count). The fourth-order valence-corrected chi connectivity index (χ4v) is 5.79. The highest BCUT2D eigenvalue weighted by atomic mass is 32.2. The molecule has 1 aliphatic carbocycles. The summed E-state index contributed by atoms with van der Waals surface area (Å²) in [5.74, 6) is -0.959. The molecule has 0 saturated carbocycles. The van der Waals surface area contributed by atoms with Crippen molar-refractivity contribution in [3.63, 3.8) is 0 Å². The normalized spacial score (nSPS) is 13.4. The van der Waals surface area contributed by atoms with E-state index in [2.05, 4.69) is 5.32 Å². The second-order valence-corrected chi connectivity index (χ2v) is 10.7. The summed E-state index contributed by atoms with van der Waals surface area (Å²) in [5, 5.41) is 3.21. The Kier molecular flexibility index (Phi) is 7.06. The molecule has 1 N–H and O–H groups in total. The summed E-state index contributed by atoms with van der Waals surface area (Å²) in [5.41, 5.74) is 3.75. The molecule has 0 atom stereocenters. The molecule has 0 saturated heterocycles. The van der Waals surface area contributed by atoms with Crippen molar-refractivity contribution in [1.82, 2.24) is 0 Å². The van der Waals surface area contributed by atoms with Crippen molar-refractivity contribution in [3.05, 3.63) is 45.3 Å². The van der Waals surface area contributed by atoms with Gasteiger partial charge in [-0.1, -0.05) is 6.07 Å². The number of hydrogen-bond donors (Lipinski definition) is 1. The maximum atomic E-state index is 12.9. The summed E-state index contributed by atoms with van der Waals surface area (Å²) in [6.07, 6.45) is 4.73. The molecule has 0 unspecified atom stereocenters. The van der Waals surface area contributed by atoms with Gasteiger partial charge in [0.25, 0.3) is 0 Å². The number of sulfonamides is 1. The Morgan fingerprint density at radius 1 is 1.16 bits per heavy atom. The van der Waals surface area contributed by atoms with Gasteiger partial charge in [-0.05, 0) is 75.3 Å². The lowest BCUT2D eigenvalue weighted by Crippen LogP contribution is -2.37. The lowest BCUT2D eigenvalue weighted by molar-refractivity contribution is -0.114. The van der Waals surface area contributed by atoms with Crippen LogP contribution in [-0.4, -0.2) is 39.7 Å². The van der Waals surface area contributed by atoms with Crippen LogP contribution in [0.2, 0.25) is 0 Å². The Labute approximate surface area is 187 Å². The highest BCUT2D eigenvalue weighted by Gasteiger charge is 2.28. The van der Waals surface area contributed by atoms with Gasteiger partial charge in [0, 0.05) is 4.88 Å². The second kappa shape index (κ2) is 9.40. The molecule has 31 heavy (non-hydrogen) atoms. The number of nitrogens with one attached hydrogen (secondary N) is 1. The van der Waals surface area contributed by atoms with E-state index in [9.17, 15) is 18.0 Å². The van der Waals surface area contributed by atoms with Crippen molar-refractivity contribution in [3.8, 4) is 0 Å². The molecular formula is C22H28N2O5S2. The first kappa shape index (κ1) is 23.3. The minimum absolute atomic E-state index is 0.242. The smallest absolute Gasteiger partial charge is 0.341 e. The number of rotatable bonds is 7. The summed E-state index contributed by atoms with van der Waals surface area (Å²) >= 11 is 1.38. The maximum absolute atomic E-state index is 12.9. The van der Waals surface area contributed by atoms with Gasteiger partial charge in [0.05, 0.1) is 24.1 Å². The monoisotopic (exact) mass is 464 g/mol. The van der Waals surface area contributed by atoms with Crippen LogP contribution in [0.25, 0.3) is 0 Å². The van der Waals surface area contributed by atoms with Crippen LogP contribution in [0.5, 0.6) is 0 Å². The van der Waals surface area contributed by atoms with E-state index in [4.69, 9.17) is 4.74 Å². The average Bonchev–Trinajstić information content (AvgIpc) is 3.05. The lowest BCUT2D eigenvalue weighted by Gasteiger charge is -2.22. The molecule has 0 radical (unpaired) electrons. The van der Waals surface area contributed by atoms with E-state index in [-0.39, 0.29) is 13.2 Å². The van der Waals surface area contributed by atoms with E-state index in [1.54, 1.807) is 19.1 Å². The Balaban J connectivity index is 1.88. The number of carbonyl (C=O) groups is 2. The first-order valence-corrected chi connectivity index (χ1v) is 12.9. The highest BCUT2D eigenvalue weighted by molar-refractivity contribution is 7.92. The molecule has 0 bridgehead atoms. The zero-order chi connectivity index (χ0) is 22.8. The molecule has 7 nitrogen and oxygen atoms in total. The van der Waals surface area contributed by atoms with Crippen molar-refractivity contribution < 1.29 is 22.7 Å². The van der Waals surface area contributed by atoms with Gasteiger partial charge in [0.1, 0.15) is 11.5 Å². The summed E-state index contributed by atoms with van der Waals surface area (Å²) in [7, 11) is -3.69. The lowest BCUT2D eigenvalue weighted by atomic mass is 9.95. The van der Waals surface area contributed by atoms with Gasteiger partial charge < -0.3 is 10.1 Å². The number of hydrogen-bond acceptors (Lipinski definition) is 6. The predicted octanol–water partition coefficient (Wildman–Crippen LogP) is 3.83. The van der Waals surface area contributed by atoms with Gasteiger partial charge in [-0.3, -0.25) is 9.10 Å². The molecule has 2 aromatic rings. The quantitative estimate of drug-likeness (QED) is 0.629. The first-order chi connectivity index (χ1) is 14.6. The number of anilines is 2. The fourth-order valence-electron chi connectivity index (χ4n) is 3.65. The number of ether oxygens (including phenoxy) is 1. The largest absolute Gasteiger partial charge is 0.462 e. The van der Waals surface area contributed by atoms with Crippen molar-refractivity contribution >= 4 is 43.9 Å². The summed E-state index contributed by atoms with van der Waals surface area (Å²) in [6.45, 7) is 5.42. The van der Waals surface area contributed by atoms with E-state index in [0.29, 0.717) is 16.3 Å². The van der Waals surface area contributed by atoms with Crippen LogP contribution in [0.1, 0.15) is 51.7 Å². The molecule has 1 aromatic carbocycles. The van der Waals surface area contributed by atoms with Crippen LogP contribution < -0.4 is 9.62 Å². The van der Waals surface area contributed by atoms with Gasteiger partial charge in [-0.25, -0.2) is 13.2 Å². The van der Waals surface area contributed by atoms with Crippen molar-refractivity contribution in [2.45, 2.75) is 46.5 Å². The first-order valence-electron chi connectivity index (χ1n) is 10.3. The third-order valence-corrected chi connectivity index (χ3v) is 7.72. The van der Waals surface area contributed by atoms with E-state index in [0.717, 1.165) is 57.8 Å². The van der Waals surface area contributed by atoms with Gasteiger partial charge in [-0.15, -0.1) is 11.3 Å². The summed E-state index contributed by atoms with van der Waals surface area (Å²) < 4.78 is 31.1. The topological polar surface area (TPSA) is 92.8 Å². The number of benzene rings is 1. The number of amides is 1. The highest BCUT2D eigenvalue weighted by Crippen LogP contribution is 2.38. The van der Waals surface area contributed by atoms with E-state index < -0.39 is 21.9 Å². The molecule has 9 heteroatoms. The van der Waals surface area contributed by atoms with E-state index in [1.807, 2.05) is 19.9 Å². The number of nitrogens with zero attached hydrogens (tertiary/aromatic N) is 1. The minimum atomic E-state index is -3.69. The molecular weight excluding hydrogens is 436 g/mol. The predicted molar refractivity (Wildman–Crippen MR) is 124 cm³/mol. The number of esters is 1. The average molecular weight is 465 g/mol. The molecule has 0 fully saturated rings. The van der Waals surface area contributed by atoms with E-state index >= 15 is 0 Å². The van der Waals surface area contributed by atoms with E-state index in [1.165, 1.54) is 11.3 Å². The van der Waals surface area contributed by atoms with Crippen molar-refractivity contribution in [1.29, 1.82) is 0 Å². The van der Waals surface area contributed by atoms with Crippen LogP contribution in [0.15, 0.2) is 18.2 Å². The standard InChI is InChI=1S/C22H28N2O5S2/c1-5-29-22(26)20-17-8-6-7-9-18(17)30-21(20)23-19(25)13-24(31(4,27)28)16-11-10-14(2)15(3)12-16/h10-12H,5-9,13H2,1-4H3,(H,23,25). The number of carbonyl (C=O) groups excluding carboxylic acids is 2. The minimum Gasteiger partial charge on any atom is -0.462 e. The SMILES string of the molecule is CCOC(=O)c1c(NC(=O)CN(c2ccc(C)c(C)c2)S(C)(=O)=O)sc2c1CCCC2. The molecule has 1 heterocycles. The fraction of sp³-hybridized carbons (Fsp3) is 0.455. The van der Waals surface area contributed by atoms with Crippen LogP contribution in [-0.2, 0) is 32.4 Å². The molecule has 1 aromatic heterocycles. The zero-order valence-electron chi connectivity index (χ0n) is 18.3. The Bertz CT molecular complexity index is 1110. The summed E-state index contributed by atoms with van der Waals surface area (Å²) in [6, 6.07) is 5.26. The Morgan fingerprint density at radius 3 is 2.52 bits per heavy atom. The van der Waals surface area contributed by atoms with Crippen molar-refractivity contribution in [2.75, 3.05) is 29.0 Å². The van der Waals surface area contributed by atoms with Gasteiger partial charge >= 0.3 is 5.97 Å². The molecule has 168 valence electrons. The van der Waals surface area contributed by atoms with Crippen LogP contribution >= 0.6 is 11.3 Å². The number of thiophene rings is 1. The Hall–Kier alpha value is -2.39. The summed E-state index contributed by atoms with van der Waals surface area (Å²) in [4.78, 5) is 26.5. The van der Waals surface area contributed by atoms with Gasteiger partial charge in [-0.2, -0.15) is 0 Å². The Morgan fingerprint density at radius 2 is 1.87 bits per heavy atom. The van der Waals surface area contributed by atoms with Crippen LogP contribution in [0.4, 0.5) is 10.7 Å². The molecule has 1 amide bonds. The molecule has 0 spiro atoms. The zero-order valence-corrected chi connectivity index (χ0v) is 19.9. The van der Waals surface area contributed by atoms with Crippen LogP contribution in [0.3, 0.4) is 0 Å². The number of aryl methyl sites for hydroxylation is 3. The maximum Gasteiger partial charge on any atom is 0.341 e. The number of fused-ring (bicyclic) bond motifs is 1. The molecule has 1 aliphatic rings. The van der Waals surface area contributed by atoms with Gasteiger partial charge in [0.15, 0.2) is 0 Å². The third-order valence-electron chi connectivity index (χ3n) is 5.37. The molecule has 0 aliphatic heterocycles. The van der Waals surface area contributed by atoms with Crippen molar-refractivity contribution in [2.24, 2.45) is 0 Å². The van der Waals surface area contributed by atoms with Gasteiger partial charge in [0.2, 0.25) is 15.9 Å². The second-order valence-electron chi connectivity index (χ2n) is 7.72.